The summed E-state index contributed by atoms with van der Waals surface area (Å²) in [5.74, 6) is 6.13. The molecule has 2 unspecified atom stereocenters. The second-order valence-corrected chi connectivity index (χ2v) is 12.2. The molecule has 4 saturated carbocycles. The van der Waals surface area contributed by atoms with E-state index in [4.69, 9.17) is 4.74 Å². The average Bonchev–Trinajstić information content (AvgIpc) is 2.83. The van der Waals surface area contributed by atoms with Crippen molar-refractivity contribution >= 4 is 5.91 Å². The Morgan fingerprint density at radius 3 is 2.66 bits per heavy atom. The molecule has 0 aromatic heterocycles. The number of rotatable bonds is 5. The fraction of sp³-hybridized carbons (Fsp3) is 0.733. The second-order valence-electron chi connectivity index (χ2n) is 12.2. The predicted octanol–water partition coefficient (Wildman–Crippen LogP) is 3.83. The van der Waals surface area contributed by atoms with Gasteiger partial charge in [-0.15, -0.1) is 0 Å². The van der Waals surface area contributed by atoms with Gasteiger partial charge in [-0.25, -0.2) is 4.39 Å². The Morgan fingerprint density at radius 2 is 1.91 bits per heavy atom. The minimum Gasteiger partial charge on any atom is -0.385 e. The van der Waals surface area contributed by atoms with E-state index in [-0.39, 0.29) is 36.6 Å². The molecule has 0 heterocycles. The standard InChI is InChI=1S/C30H43FNO2.Li/c1-19(32-29(33)21-8-11-23(31)12-9-21)27-5-4-6-28-26-14-10-22-17-20(18-34-3)7-13-24(22)25(26)15-16-30(27,28)2;/h8-9,11-12,19-20,24-28H,4-7,10,13-18H2,1-3H3,(H,32,33);/q-1;+1/t19-,20+,24+,25?,26-,27-,28?,30-;/m1./s1. The van der Waals surface area contributed by atoms with Crippen molar-refractivity contribution in [2.45, 2.75) is 84.1 Å². The second kappa shape index (κ2) is 11.3. The SMILES string of the molecule is COC[C@H]1CC[C@H]2[C-](CC[C@@H]3C2CC[C@@]2(C)C3CCC[C@@H]2[C@@H](C)NC(=O)c2ccc(F)cc2)C1.[Li+]. The number of hydrogen-bond donors (Lipinski definition) is 1. The van der Waals surface area contributed by atoms with Crippen LogP contribution in [0.2, 0.25) is 0 Å². The fourth-order valence-electron chi connectivity index (χ4n) is 9.06. The minimum atomic E-state index is -0.302. The molecule has 0 aliphatic heterocycles. The van der Waals surface area contributed by atoms with E-state index in [2.05, 4.69) is 19.2 Å². The molecule has 5 heteroatoms. The van der Waals surface area contributed by atoms with Gasteiger partial charge >= 0.3 is 18.9 Å². The van der Waals surface area contributed by atoms with Crippen molar-refractivity contribution in [2.75, 3.05) is 13.7 Å². The van der Waals surface area contributed by atoms with Gasteiger partial charge in [0, 0.05) is 25.3 Å². The van der Waals surface area contributed by atoms with Crippen molar-refractivity contribution in [2.24, 2.45) is 40.9 Å². The van der Waals surface area contributed by atoms with Crippen LogP contribution in [0.15, 0.2) is 24.3 Å². The summed E-state index contributed by atoms with van der Waals surface area (Å²) in [6.07, 6.45) is 13.2. The van der Waals surface area contributed by atoms with Crippen molar-refractivity contribution in [1.82, 2.24) is 5.32 Å². The maximum absolute atomic E-state index is 13.3. The Balaban J connectivity index is 0.00000289. The molecule has 0 saturated heterocycles. The van der Waals surface area contributed by atoms with E-state index in [1.165, 1.54) is 76.3 Å². The first-order valence-corrected chi connectivity index (χ1v) is 13.8. The Labute approximate surface area is 223 Å². The number of hydrogen-bond acceptors (Lipinski definition) is 2. The summed E-state index contributed by atoms with van der Waals surface area (Å²) < 4.78 is 18.8. The van der Waals surface area contributed by atoms with Gasteiger partial charge in [-0.3, -0.25) is 4.79 Å². The molecule has 4 aliphatic carbocycles. The quantitative estimate of drug-likeness (QED) is 0.519. The number of halogens is 1. The number of carbonyl (C=O) groups excluding carboxylic acids is 1. The Kier molecular flexibility index (Phi) is 8.77. The molecule has 4 fully saturated rings. The van der Waals surface area contributed by atoms with Gasteiger partial charge in [0.05, 0.1) is 0 Å². The molecule has 35 heavy (non-hydrogen) atoms. The molecule has 1 aromatic carbocycles. The normalized spacial score (nSPS) is 37.7. The minimum absolute atomic E-state index is 0. The molecule has 188 valence electrons. The summed E-state index contributed by atoms with van der Waals surface area (Å²) in [7, 11) is 1.85. The van der Waals surface area contributed by atoms with Gasteiger partial charge in [-0.2, -0.15) is 18.8 Å². The number of methoxy groups -OCH3 is 1. The first kappa shape index (κ1) is 27.2. The first-order valence-electron chi connectivity index (χ1n) is 13.8. The van der Waals surface area contributed by atoms with Gasteiger partial charge in [0.15, 0.2) is 0 Å². The summed E-state index contributed by atoms with van der Waals surface area (Å²) in [4.78, 5) is 12.9. The third kappa shape index (κ3) is 5.28. The van der Waals surface area contributed by atoms with Crippen LogP contribution in [0.5, 0.6) is 0 Å². The summed E-state index contributed by atoms with van der Waals surface area (Å²) in [6.45, 7) is 5.68. The Hall–Kier alpha value is -0.823. The van der Waals surface area contributed by atoms with E-state index in [0.717, 1.165) is 36.2 Å². The van der Waals surface area contributed by atoms with Crippen molar-refractivity contribution < 1.29 is 32.8 Å². The Morgan fingerprint density at radius 1 is 1.14 bits per heavy atom. The summed E-state index contributed by atoms with van der Waals surface area (Å²) >= 11 is 0. The van der Waals surface area contributed by atoms with E-state index in [9.17, 15) is 9.18 Å². The number of carbonyl (C=O) groups is 1. The molecule has 0 radical (unpaired) electrons. The van der Waals surface area contributed by atoms with Gasteiger partial charge in [0.2, 0.25) is 0 Å². The average molecular weight is 476 g/mol. The molecular formula is C30H43FLiNO2. The smallest absolute Gasteiger partial charge is 0.385 e. The third-order valence-electron chi connectivity index (χ3n) is 10.6. The molecule has 4 aliphatic rings. The van der Waals surface area contributed by atoms with E-state index in [1.807, 2.05) is 13.0 Å². The van der Waals surface area contributed by atoms with Crippen LogP contribution in [-0.2, 0) is 4.74 Å². The molecule has 3 nitrogen and oxygen atoms in total. The summed E-state index contributed by atoms with van der Waals surface area (Å²) in [6, 6.07) is 6.06. The zero-order chi connectivity index (χ0) is 23.9. The zero-order valence-corrected chi connectivity index (χ0v) is 22.3. The van der Waals surface area contributed by atoms with Crippen LogP contribution >= 0.6 is 0 Å². The van der Waals surface area contributed by atoms with Crippen LogP contribution in [0, 0.1) is 52.7 Å². The molecule has 8 atom stereocenters. The van der Waals surface area contributed by atoms with Gasteiger partial charge < -0.3 is 16.0 Å². The largest absolute Gasteiger partial charge is 1.00 e. The molecule has 0 bridgehead atoms. The van der Waals surface area contributed by atoms with Crippen LogP contribution in [0.25, 0.3) is 0 Å². The van der Waals surface area contributed by atoms with Crippen molar-refractivity contribution in [3.8, 4) is 0 Å². The zero-order valence-electron chi connectivity index (χ0n) is 22.3. The van der Waals surface area contributed by atoms with Gasteiger partial charge in [-0.05, 0) is 79.5 Å². The van der Waals surface area contributed by atoms with Gasteiger partial charge in [0.1, 0.15) is 5.82 Å². The third-order valence-corrected chi connectivity index (χ3v) is 10.6. The van der Waals surface area contributed by atoms with Crippen molar-refractivity contribution in [1.29, 1.82) is 0 Å². The molecular weight excluding hydrogens is 432 g/mol. The van der Waals surface area contributed by atoms with Crippen LogP contribution in [0.1, 0.15) is 88.4 Å². The van der Waals surface area contributed by atoms with E-state index >= 15 is 0 Å². The van der Waals surface area contributed by atoms with E-state index in [0.29, 0.717) is 16.9 Å². The number of benzene rings is 1. The summed E-state index contributed by atoms with van der Waals surface area (Å²) in [5, 5.41) is 3.30. The number of nitrogens with one attached hydrogen (secondary N) is 1. The van der Waals surface area contributed by atoms with Crippen LogP contribution < -0.4 is 24.2 Å². The number of amides is 1. The monoisotopic (exact) mass is 475 g/mol. The van der Waals surface area contributed by atoms with Crippen LogP contribution in [-0.4, -0.2) is 25.7 Å². The fourth-order valence-corrected chi connectivity index (χ4v) is 9.06. The maximum atomic E-state index is 13.3. The molecule has 0 spiro atoms. The first-order chi connectivity index (χ1) is 16.4. The molecule has 1 aromatic rings. The van der Waals surface area contributed by atoms with Crippen molar-refractivity contribution in [3.05, 3.63) is 41.6 Å². The predicted molar refractivity (Wildman–Crippen MR) is 134 cm³/mol. The topological polar surface area (TPSA) is 38.3 Å². The van der Waals surface area contributed by atoms with Crippen molar-refractivity contribution in [3.63, 3.8) is 0 Å². The number of fused-ring (bicyclic) bond motifs is 5. The van der Waals surface area contributed by atoms with E-state index in [1.54, 1.807) is 12.1 Å². The molecule has 5 rings (SSSR count). The molecule has 1 N–H and O–H groups in total. The van der Waals surface area contributed by atoms with Crippen LogP contribution in [0.3, 0.4) is 0 Å². The Bertz CT molecular complexity index is 862. The summed E-state index contributed by atoms with van der Waals surface area (Å²) in [5.41, 5.74) is 0.855. The maximum Gasteiger partial charge on any atom is 1.00 e. The van der Waals surface area contributed by atoms with E-state index < -0.39 is 0 Å². The van der Waals surface area contributed by atoms with Gasteiger partial charge in [-0.1, -0.05) is 44.9 Å². The van der Waals surface area contributed by atoms with Crippen LogP contribution in [0.4, 0.5) is 4.39 Å². The molecule has 1 amide bonds. The van der Waals surface area contributed by atoms with Gasteiger partial charge in [0.25, 0.3) is 5.91 Å². The number of ether oxygens (including phenoxy) is 1.